The third kappa shape index (κ3) is 8.90. The molecule has 0 aromatic heterocycles. The van der Waals surface area contributed by atoms with Gasteiger partial charge in [-0.1, -0.05) is 13.8 Å². The molecule has 0 aliphatic heterocycles. The molecule has 0 amide bonds. The van der Waals surface area contributed by atoms with Crippen LogP contribution in [0.3, 0.4) is 0 Å². The van der Waals surface area contributed by atoms with Gasteiger partial charge in [0, 0.05) is 38.4 Å². The minimum Gasteiger partial charge on any atom is -0.382 e. The lowest BCUT2D eigenvalue weighted by Gasteiger charge is -2.34. The first-order chi connectivity index (χ1) is 8.49. The quantitative estimate of drug-likeness (QED) is 0.577. The van der Waals surface area contributed by atoms with Crippen LogP contribution in [0.2, 0.25) is 0 Å². The summed E-state index contributed by atoms with van der Waals surface area (Å²) < 4.78 is 5.33. The largest absolute Gasteiger partial charge is 0.382 e. The zero-order chi connectivity index (χ0) is 14.0. The molecule has 1 atom stereocenters. The van der Waals surface area contributed by atoms with Gasteiger partial charge in [0.15, 0.2) is 0 Å². The third-order valence-corrected chi connectivity index (χ3v) is 3.09. The van der Waals surface area contributed by atoms with Crippen molar-refractivity contribution in [1.82, 2.24) is 10.2 Å². The number of nitrogens with zero attached hydrogens (tertiary/aromatic N) is 1. The van der Waals surface area contributed by atoms with Crippen molar-refractivity contribution >= 4 is 0 Å². The molecule has 0 rings (SSSR count). The van der Waals surface area contributed by atoms with Crippen molar-refractivity contribution in [2.24, 2.45) is 5.92 Å². The summed E-state index contributed by atoms with van der Waals surface area (Å²) in [6.07, 6.45) is 1.10. The number of hydrogen-bond acceptors (Lipinski definition) is 3. The minimum atomic E-state index is 0.597. The predicted molar refractivity (Wildman–Crippen MR) is 80.1 cm³/mol. The lowest BCUT2D eigenvalue weighted by Crippen LogP contribution is -2.46. The summed E-state index contributed by atoms with van der Waals surface area (Å²) in [7, 11) is 0. The summed E-state index contributed by atoms with van der Waals surface area (Å²) >= 11 is 0. The Morgan fingerprint density at radius 2 is 1.78 bits per heavy atom. The van der Waals surface area contributed by atoms with E-state index in [0.29, 0.717) is 12.1 Å². The summed E-state index contributed by atoms with van der Waals surface area (Å²) in [5.74, 6) is 0.729. The maximum absolute atomic E-state index is 5.33. The molecule has 110 valence electrons. The van der Waals surface area contributed by atoms with Crippen LogP contribution in [-0.2, 0) is 4.74 Å². The summed E-state index contributed by atoms with van der Waals surface area (Å²) in [6.45, 7) is 18.5. The molecule has 0 fully saturated rings. The van der Waals surface area contributed by atoms with Crippen LogP contribution < -0.4 is 5.32 Å². The molecule has 0 aliphatic carbocycles. The third-order valence-electron chi connectivity index (χ3n) is 3.09. The molecule has 0 bridgehead atoms. The van der Waals surface area contributed by atoms with Crippen molar-refractivity contribution in [2.75, 3.05) is 32.8 Å². The molecule has 0 aromatic carbocycles. The average molecular weight is 258 g/mol. The van der Waals surface area contributed by atoms with E-state index in [9.17, 15) is 0 Å². The first-order valence-electron chi connectivity index (χ1n) is 7.53. The molecule has 0 aliphatic rings. The molecule has 3 nitrogen and oxygen atoms in total. The number of nitrogens with one attached hydrogen (secondary N) is 1. The maximum atomic E-state index is 5.33. The summed E-state index contributed by atoms with van der Waals surface area (Å²) in [6, 6.07) is 1.21. The Morgan fingerprint density at radius 1 is 1.11 bits per heavy atom. The highest BCUT2D eigenvalue weighted by molar-refractivity contribution is 4.74. The van der Waals surface area contributed by atoms with Crippen LogP contribution in [0.4, 0.5) is 0 Å². The van der Waals surface area contributed by atoms with Crippen LogP contribution in [0.1, 0.15) is 48.0 Å². The first kappa shape index (κ1) is 17.9. The molecular weight excluding hydrogens is 224 g/mol. The van der Waals surface area contributed by atoms with Crippen LogP contribution in [0.25, 0.3) is 0 Å². The second kappa shape index (κ2) is 10.8. The van der Waals surface area contributed by atoms with Crippen molar-refractivity contribution < 1.29 is 4.74 Å². The van der Waals surface area contributed by atoms with Crippen molar-refractivity contribution in [1.29, 1.82) is 0 Å². The Bertz CT molecular complexity index is 183. The number of hydrogen-bond donors (Lipinski definition) is 1. The molecule has 0 spiro atoms. The van der Waals surface area contributed by atoms with E-state index in [1.165, 1.54) is 6.54 Å². The van der Waals surface area contributed by atoms with Crippen molar-refractivity contribution in [2.45, 2.75) is 60.0 Å². The van der Waals surface area contributed by atoms with E-state index in [0.717, 1.165) is 38.6 Å². The lowest BCUT2D eigenvalue weighted by atomic mass is 10.1. The van der Waals surface area contributed by atoms with Crippen molar-refractivity contribution in [3.05, 3.63) is 0 Å². The van der Waals surface area contributed by atoms with Gasteiger partial charge in [0.2, 0.25) is 0 Å². The number of rotatable bonds is 11. The Kier molecular flexibility index (Phi) is 10.7. The first-order valence-corrected chi connectivity index (χ1v) is 7.53. The number of ether oxygens (including phenoxy) is 1. The van der Waals surface area contributed by atoms with E-state index < -0.39 is 0 Å². The molecular formula is C15H34N2O. The predicted octanol–water partition coefficient (Wildman–Crippen LogP) is 2.76. The Morgan fingerprint density at radius 3 is 2.28 bits per heavy atom. The van der Waals surface area contributed by atoms with Gasteiger partial charge in [-0.15, -0.1) is 0 Å². The van der Waals surface area contributed by atoms with Crippen LogP contribution in [0.15, 0.2) is 0 Å². The van der Waals surface area contributed by atoms with Gasteiger partial charge in [-0.05, 0) is 46.6 Å². The minimum absolute atomic E-state index is 0.597. The lowest BCUT2D eigenvalue weighted by molar-refractivity contribution is 0.135. The fraction of sp³-hybridized carbons (Fsp3) is 1.00. The molecule has 0 saturated heterocycles. The zero-order valence-electron chi connectivity index (χ0n) is 13.3. The van der Waals surface area contributed by atoms with Gasteiger partial charge < -0.3 is 10.1 Å². The molecule has 0 saturated carbocycles. The molecule has 0 heterocycles. The van der Waals surface area contributed by atoms with Crippen LogP contribution >= 0.6 is 0 Å². The zero-order valence-corrected chi connectivity index (χ0v) is 13.3. The van der Waals surface area contributed by atoms with Crippen molar-refractivity contribution in [3.63, 3.8) is 0 Å². The second-order valence-electron chi connectivity index (χ2n) is 5.79. The topological polar surface area (TPSA) is 24.5 Å². The Balaban J connectivity index is 3.78. The van der Waals surface area contributed by atoms with Gasteiger partial charge in [-0.25, -0.2) is 0 Å². The van der Waals surface area contributed by atoms with E-state index in [2.05, 4.69) is 44.8 Å². The van der Waals surface area contributed by atoms with Crippen molar-refractivity contribution in [3.8, 4) is 0 Å². The normalized spacial score (nSPS) is 13.8. The van der Waals surface area contributed by atoms with Gasteiger partial charge >= 0.3 is 0 Å². The van der Waals surface area contributed by atoms with E-state index >= 15 is 0 Å². The van der Waals surface area contributed by atoms with E-state index in [-0.39, 0.29) is 0 Å². The van der Waals surface area contributed by atoms with Gasteiger partial charge in [0.25, 0.3) is 0 Å². The van der Waals surface area contributed by atoms with E-state index in [1.807, 2.05) is 6.92 Å². The summed E-state index contributed by atoms with van der Waals surface area (Å²) in [4.78, 5) is 2.58. The summed E-state index contributed by atoms with van der Waals surface area (Å²) in [5, 5.41) is 3.53. The van der Waals surface area contributed by atoms with E-state index in [4.69, 9.17) is 4.74 Å². The highest BCUT2D eigenvalue weighted by Crippen LogP contribution is 2.08. The van der Waals surface area contributed by atoms with Gasteiger partial charge in [-0.3, -0.25) is 4.90 Å². The highest BCUT2D eigenvalue weighted by atomic mass is 16.5. The van der Waals surface area contributed by atoms with E-state index in [1.54, 1.807) is 0 Å². The van der Waals surface area contributed by atoms with Gasteiger partial charge in [-0.2, -0.15) is 0 Å². The highest BCUT2D eigenvalue weighted by Gasteiger charge is 2.17. The van der Waals surface area contributed by atoms with Crippen LogP contribution in [-0.4, -0.2) is 49.8 Å². The van der Waals surface area contributed by atoms with Crippen LogP contribution in [0, 0.1) is 5.92 Å². The molecule has 18 heavy (non-hydrogen) atoms. The summed E-state index contributed by atoms with van der Waals surface area (Å²) in [5.41, 5.74) is 0. The monoisotopic (exact) mass is 258 g/mol. The fourth-order valence-electron chi connectivity index (χ4n) is 2.19. The smallest absolute Gasteiger partial charge is 0.0477 e. The van der Waals surface area contributed by atoms with Gasteiger partial charge in [0.1, 0.15) is 0 Å². The van der Waals surface area contributed by atoms with Crippen LogP contribution in [0.5, 0.6) is 0 Å². The Hall–Kier alpha value is -0.120. The van der Waals surface area contributed by atoms with Gasteiger partial charge in [0.05, 0.1) is 0 Å². The fourth-order valence-corrected chi connectivity index (χ4v) is 2.19. The molecule has 0 radical (unpaired) electrons. The molecule has 0 aromatic rings. The molecule has 3 heteroatoms. The standard InChI is InChI=1S/C15H34N2O/c1-7-18-10-8-9-16-11-15(6)17(14(4)5)12-13(2)3/h13-16H,7-12H2,1-6H3. The second-order valence-corrected chi connectivity index (χ2v) is 5.79. The molecule has 1 N–H and O–H groups in total. The maximum Gasteiger partial charge on any atom is 0.0477 e. The SMILES string of the molecule is CCOCCCNCC(C)N(CC(C)C)C(C)C. The average Bonchev–Trinajstić information content (AvgIpc) is 2.29. The Labute approximate surface area is 114 Å². The molecule has 1 unspecified atom stereocenters.